The fourth-order valence-electron chi connectivity index (χ4n) is 1.38. The monoisotopic (exact) mass is 255 g/mol. The molecule has 0 unspecified atom stereocenters. The largest absolute Gasteiger partial charge is 0.444 e. The Morgan fingerprint density at radius 3 is 2.59 bits per heavy atom. The lowest BCUT2D eigenvalue weighted by molar-refractivity contribution is 0.0636. The van der Waals surface area contributed by atoms with Crippen molar-refractivity contribution in [1.29, 1.82) is 0 Å². The number of hydrogen-bond acceptors (Lipinski definition) is 2. The van der Waals surface area contributed by atoms with Crippen LogP contribution in [0.4, 0.5) is 10.5 Å². The number of rotatable bonds is 3. The standard InChI is InChI=1S/C13H18ClNO2/c1-13(2,3)17-12(16)15-11-7-5-4-6-10(11)8-9-14/h4-7H,8-9H2,1-3H3,(H,15,16). The second-order valence-electron chi connectivity index (χ2n) is 4.72. The van der Waals surface area contributed by atoms with Crippen LogP contribution < -0.4 is 5.32 Å². The average molecular weight is 256 g/mol. The second-order valence-corrected chi connectivity index (χ2v) is 5.10. The van der Waals surface area contributed by atoms with Crippen molar-refractivity contribution in [3.8, 4) is 0 Å². The van der Waals surface area contributed by atoms with Gasteiger partial charge in [-0.2, -0.15) is 0 Å². The maximum absolute atomic E-state index is 11.6. The molecule has 1 N–H and O–H groups in total. The Kier molecular flexibility index (Phi) is 4.82. The Bertz CT molecular complexity index is 385. The highest BCUT2D eigenvalue weighted by Gasteiger charge is 2.16. The zero-order valence-corrected chi connectivity index (χ0v) is 11.2. The van der Waals surface area contributed by atoms with Crippen LogP contribution in [0.25, 0.3) is 0 Å². The van der Waals surface area contributed by atoms with E-state index in [2.05, 4.69) is 5.32 Å². The molecule has 1 amide bonds. The van der Waals surface area contributed by atoms with Crippen molar-refractivity contribution in [1.82, 2.24) is 0 Å². The van der Waals surface area contributed by atoms with Gasteiger partial charge in [0.15, 0.2) is 0 Å². The van der Waals surface area contributed by atoms with Gasteiger partial charge in [-0.3, -0.25) is 5.32 Å². The smallest absolute Gasteiger partial charge is 0.412 e. The second kappa shape index (κ2) is 5.92. The molecular weight excluding hydrogens is 238 g/mol. The maximum atomic E-state index is 11.6. The molecule has 0 atom stereocenters. The topological polar surface area (TPSA) is 38.3 Å². The van der Waals surface area contributed by atoms with Crippen LogP contribution >= 0.6 is 11.6 Å². The van der Waals surface area contributed by atoms with E-state index in [9.17, 15) is 4.79 Å². The first-order valence-electron chi connectivity index (χ1n) is 5.56. The molecule has 1 rings (SSSR count). The molecular formula is C13H18ClNO2. The van der Waals surface area contributed by atoms with Crippen LogP contribution in [0.5, 0.6) is 0 Å². The highest BCUT2D eigenvalue weighted by molar-refractivity contribution is 6.18. The number of nitrogens with one attached hydrogen (secondary N) is 1. The molecule has 0 radical (unpaired) electrons. The van der Waals surface area contributed by atoms with Crippen LogP contribution in [0.3, 0.4) is 0 Å². The molecule has 17 heavy (non-hydrogen) atoms. The summed E-state index contributed by atoms with van der Waals surface area (Å²) in [5.74, 6) is 0.521. The van der Waals surface area contributed by atoms with E-state index < -0.39 is 11.7 Å². The first-order valence-corrected chi connectivity index (χ1v) is 6.10. The van der Waals surface area contributed by atoms with E-state index in [-0.39, 0.29) is 0 Å². The Hall–Kier alpha value is -1.22. The van der Waals surface area contributed by atoms with Gasteiger partial charge in [-0.05, 0) is 38.8 Å². The average Bonchev–Trinajstić information content (AvgIpc) is 2.18. The Morgan fingerprint density at radius 1 is 1.35 bits per heavy atom. The summed E-state index contributed by atoms with van der Waals surface area (Å²) in [6.07, 6.45) is 0.271. The number of alkyl halides is 1. The minimum atomic E-state index is -0.495. The fourth-order valence-corrected chi connectivity index (χ4v) is 1.58. The molecule has 4 heteroatoms. The number of benzene rings is 1. The van der Waals surface area contributed by atoms with Gasteiger partial charge in [-0.1, -0.05) is 18.2 Å². The summed E-state index contributed by atoms with van der Waals surface area (Å²) in [5, 5.41) is 2.73. The van der Waals surface area contributed by atoms with E-state index in [1.165, 1.54) is 0 Å². The molecule has 0 saturated heterocycles. The quantitative estimate of drug-likeness (QED) is 0.834. The van der Waals surface area contributed by atoms with E-state index in [1.807, 2.05) is 45.0 Å². The van der Waals surface area contributed by atoms with Crippen molar-refractivity contribution in [2.45, 2.75) is 32.8 Å². The van der Waals surface area contributed by atoms with Gasteiger partial charge < -0.3 is 4.74 Å². The number of aryl methyl sites for hydroxylation is 1. The van der Waals surface area contributed by atoms with Crippen molar-refractivity contribution in [2.75, 3.05) is 11.2 Å². The zero-order valence-electron chi connectivity index (χ0n) is 10.4. The molecule has 1 aromatic carbocycles. The molecule has 0 aliphatic rings. The van der Waals surface area contributed by atoms with Crippen LogP contribution in [-0.2, 0) is 11.2 Å². The molecule has 0 aliphatic carbocycles. The Labute approximate surface area is 107 Å². The van der Waals surface area contributed by atoms with Crippen molar-refractivity contribution in [3.05, 3.63) is 29.8 Å². The van der Waals surface area contributed by atoms with Gasteiger partial charge in [0.25, 0.3) is 0 Å². The predicted octanol–water partition coefficient (Wildman–Crippen LogP) is 3.81. The highest BCUT2D eigenvalue weighted by Crippen LogP contribution is 2.17. The van der Waals surface area contributed by atoms with Gasteiger partial charge in [0.2, 0.25) is 0 Å². The fraction of sp³-hybridized carbons (Fsp3) is 0.462. The van der Waals surface area contributed by atoms with E-state index in [0.29, 0.717) is 12.3 Å². The lowest BCUT2D eigenvalue weighted by atomic mass is 10.1. The Balaban J connectivity index is 2.71. The number of halogens is 1. The van der Waals surface area contributed by atoms with Gasteiger partial charge in [0.1, 0.15) is 5.60 Å². The molecule has 0 bridgehead atoms. The number of ether oxygens (including phenoxy) is 1. The molecule has 0 aliphatic heterocycles. The third-order valence-corrected chi connectivity index (χ3v) is 2.21. The minimum Gasteiger partial charge on any atom is -0.444 e. The van der Waals surface area contributed by atoms with E-state index in [0.717, 1.165) is 11.3 Å². The summed E-state index contributed by atoms with van der Waals surface area (Å²) >= 11 is 5.71. The van der Waals surface area contributed by atoms with Crippen LogP contribution in [0.1, 0.15) is 26.3 Å². The molecule has 94 valence electrons. The highest BCUT2D eigenvalue weighted by atomic mass is 35.5. The van der Waals surface area contributed by atoms with Gasteiger partial charge in [0.05, 0.1) is 0 Å². The number of carbonyl (C=O) groups excluding carboxylic acids is 1. The number of hydrogen-bond donors (Lipinski definition) is 1. The number of amides is 1. The summed E-state index contributed by atoms with van der Waals surface area (Å²) in [7, 11) is 0. The summed E-state index contributed by atoms with van der Waals surface area (Å²) in [5.41, 5.74) is 1.27. The molecule has 0 spiro atoms. The first kappa shape index (κ1) is 13.8. The van der Waals surface area contributed by atoms with Crippen molar-refractivity contribution < 1.29 is 9.53 Å². The van der Waals surface area contributed by atoms with Crippen LogP contribution in [0, 0.1) is 0 Å². The molecule has 1 aromatic rings. The molecule has 0 aromatic heterocycles. The Morgan fingerprint density at radius 2 is 2.00 bits per heavy atom. The molecule has 3 nitrogen and oxygen atoms in total. The van der Waals surface area contributed by atoms with Crippen LogP contribution in [0.15, 0.2) is 24.3 Å². The van der Waals surface area contributed by atoms with Gasteiger partial charge in [-0.15, -0.1) is 11.6 Å². The van der Waals surface area contributed by atoms with Gasteiger partial charge in [-0.25, -0.2) is 4.79 Å². The lowest BCUT2D eigenvalue weighted by Crippen LogP contribution is -2.27. The van der Waals surface area contributed by atoms with E-state index >= 15 is 0 Å². The van der Waals surface area contributed by atoms with Crippen molar-refractivity contribution in [2.24, 2.45) is 0 Å². The first-order chi connectivity index (χ1) is 7.92. The summed E-state index contributed by atoms with van der Waals surface area (Å²) in [4.78, 5) is 11.6. The van der Waals surface area contributed by atoms with Crippen LogP contribution in [0.2, 0.25) is 0 Å². The van der Waals surface area contributed by atoms with E-state index in [1.54, 1.807) is 0 Å². The normalized spacial score (nSPS) is 11.1. The molecule has 0 heterocycles. The van der Waals surface area contributed by atoms with Crippen molar-refractivity contribution in [3.63, 3.8) is 0 Å². The summed E-state index contributed by atoms with van der Waals surface area (Å²) in [6.45, 7) is 5.49. The maximum Gasteiger partial charge on any atom is 0.412 e. The SMILES string of the molecule is CC(C)(C)OC(=O)Nc1ccccc1CCCl. The number of anilines is 1. The molecule has 0 fully saturated rings. The third-order valence-electron chi connectivity index (χ3n) is 2.02. The van der Waals surface area contributed by atoms with E-state index in [4.69, 9.17) is 16.3 Å². The third kappa shape index (κ3) is 5.09. The van der Waals surface area contributed by atoms with Gasteiger partial charge in [0, 0.05) is 11.6 Å². The molecule has 0 saturated carbocycles. The lowest BCUT2D eigenvalue weighted by Gasteiger charge is -2.20. The number of para-hydroxylation sites is 1. The van der Waals surface area contributed by atoms with Crippen molar-refractivity contribution >= 4 is 23.4 Å². The van der Waals surface area contributed by atoms with Gasteiger partial charge >= 0.3 is 6.09 Å². The number of carbonyl (C=O) groups is 1. The minimum absolute atomic E-state index is 0.445. The summed E-state index contributed by atoms with van der Waals surface area (Å²) < 4.78 is 5.19. The predicted molar refractivity (Wildman–Crippen MR) is 70.7 cm³/mol. The van der Waals surface area contributed by atoms with Crippen LogP contribution in [-0.4, -0.2) is 17.6 Å². The summed E-state index contributed by atoms with van der Waals surface area (Å²) in [6, 6.07) is 7.56. The zero-order chi connectivity index (χ0) is 12.9.